The minimum Gasteiger partial charge on any atom is -0.354 e. The first-order valence-corrected chi connectivity index (χ1v) is 7.26. The van der Waals surface area contributed by atoms with E-state index in [1.807, 2.05) is 54.6 Å². The molecule has 0 bridgehead atoms. The van der Waals surface area contributed by atoms with Crippen LogP contribution in [0.3, 0.4) is 0 Å². The van der Waals surface area contributed by atoms with Gasteiger partial charge in [0, 0.05) is 17.1 Å². The van der Waals surface area contributed by atoms with E-state index >= 15 is 0 Å². The smallest absolute Gasteiger partial charge is 0.224 e. The number of halogens is 1. The molecular weight excluding hydrogens is 316 g/mol. The van der Waals surface area contributed by atoms with Crippen LogP contribution in [0.15, 0.2) is 59.1 Å². The fourth-order valence-electron chi connectivity index (χ4n) is 1.89. The number of rotatable bonds is 5. The molecule has 1 atom stereocenters. The van der Waals surface area contributed by atoms with Crippen molar-refractivity contribution in [2.45, 2.75) is 12.5 Å². The standard InChI is InChI=1S/C16H17BrN2O/c17-14-8-6-12(7-9-14)10-16(20)19-11-15(18)13-4-2-1-3-5-13/h1-9,15H,10-11,18H2,(H,19,20). The number of carbonyl (C=O) groups excluding carboxylic acids is 1. The molecule has 3 N–H and O–H groups in total. The molecule has 0 fully saturated rings. The summed E-state index contributed by atoms with van der Waals surface area (Å²) in [6.45, 7) is 0.444. The zero-order valence-electron chi connectivity index (χ0n) is 11.1. The number of nitrogens with one attached hydrogen (secondary N) is 1. The van der Waals surface area contributed by atoms with Gasteiger partial charge in [0.25, 0.3) is 0 Å². The summed E-state index contributed by atoms with van der Waals surface area (Å²) < 4.78 is 1.01. The van der Waals surface area contributed by atoms with E-state index in [0.29, 0.717) is 13.0 Å². The second-order valence-corrected chi connectivity index (χ2v) is 5.54. The number of benzene rings is 2. The SMILES string of the molecule is NC(CNC(=O)Cc1ccc(Br)cc1)c1ccccc1. The van der Waals surface area contributed by atoms with Gasteiger partial charge in [-0.25, -0.2) is 0 Å². The summed E-state index contributed by atoms with van der Waals surface area (Å²) in [6.07, 6.45) is 0.370. The van der Waals surface area contributed by atoms with Crippen LogP contribution < -0.4 is 11.1 Å². The summed E-state index contributed by atoms with van der Waals surface area (Å²) in [7, 11) is 0. The van der Waals surface area contributed by atoms with Crippen LogP contribution in [-0.4, -0.2) is 12.5 Å². The molecule has 4 heteroatoms. The number of nitrogens with two attached hydrogens (primary N) is 1. The van der Waals surface area contributed by atoms with Crippen LogP contribution in [0.5, 0.6) is 0 Å². The van der Waals surface area contributed by atoms with Crippen molar-refractivity contribution >= 4 is 21.8 Å². The Balaban J connectivity index is 1.82. The second-order valence-electron chi connectivity index (χ2n) is 4.62. The molecule has 1 unspecified atom stereocenters. The maximum absolute atomic E-state index is 11.9. The van der Waals surface area contributed by atoms with Crippen molar-refractivity contribution < 1.29 is 4.79 Å². The molecule has 20 heavy (non-hydrogen) atoms. The van der Waals surface area contributed by atoms with E-state index in [1.165, 1.54) is 0 Å². The normalized spacial score (nSPS) is 11.9. The molecule has 0 heterocycles. The molecule has 0 radical (unpaired) electrons. The zero-order valence-corrected chi connectivity index (χ0v) is 12.6. The average molecular weight is 333 g/mol. The molecule has 0 spiro atoms. The second kappa shape index (κ2) is 7.22. The summed E-state index contributed by atoms with van der Waals surface area (Å²) >= 11 is 3.37. The Bertz CT molecular complexity index is 554. The summed E-state index contributed by atoms with van der Waals surface area (Å²) in [5.74, 6) is -0.0151. The molecule has 0 aliphatic heterocycles. The number of amides is 1. The average Bonchev–Trinajstić information content (AvgIpc) is 2.48. The molecular formula is C16H17BrN2O. The van der Waals surface area contributed by atoms with Crippen molar-refractivity contribution in [3.8, 4) is 0 Å². The predicted molar refractivity (Wildman–Crippen MR) is 84.2 cm³/mol. The molecule has 0 aliphatic rings. The van der Waals surface area contributed by atoms with E-state index in [0.717, 1.165) is 15.6 Å². The van der Waals surface area contributed by atoms with Gasteiger partial charge in [0.2, 0.25) is 5.91 Å². The quantitative estimate of drug-likeness (QED) is 0.884. The lowest BCUT2D eigenvalue weighted by Gasteiger charge is -2.13. The third-order valence-electron chi connectivity index (χ3n) is 3.02. The van der Waals surface area contributed by atoms with Crippen LogP contribution in [0.1, 0.15) is 17.2 Å². The maximum Gasteiger partial charge on any atom is 0.224 e. The third-order valence-corrected chi connectivity index (χ3v) is 3.55. The van der Waals surface area contributed by atoms with Crippen LogP contribution in [0, 0.1) is 0 Å². The van der Waals surface area contributed by atoms with Gasteiger partial charge in [-0.05, 0) is 23.3 Å². The Morgan fingerprint density at radius 2 is 1.75 bits per heavy atom. The van der Waals surface area contributed by atoms with E-state index in [1.54, 1.807) is 0 Å². The Labute approximate surface area is 127 Å². The molecule has 0 saturated carbocycles. The van der Waals surface area contributed by atoms with Crippen LogP contribution in [0.2, 0.25) is 0 Å². The van der Waals surface area contributed by atoms with Gasteiger partial charge in [-0.1, -0.05) is 58.4 Å². The first-order chi connectivity index (χ1) is 9.65. The molecule has 2 aromatic rings. The first-order valence-electron chi connectivity index (χ1n) is 6.47. The van der Waals surface area contributed by atoms with Crippen LogP contribution in [0.4, 0.5) is 0 Å². The van der Waals surface area contributed by atoms with Gasteiger partial charge in [-0.2, -0.15) is 0 Å². The lowest BCUT2D eigenvalue weighted by Crippen LogP contribution is -2.32. The summed E-state index contributed by atoms with van der Waals surface area (Å²) in [5.41, 5.74) is 8.05. The van der Waals surface area contributed by atoms with E-state index in [9.17, 15) is 4.79 Å². The molecule has 1 amide bonds. The summed E-state index contributed by atoms with van der Waals surface area (Å²) in [6, 6.07) is 17.3. The Hall–Kier alpha value is -1.65. The highest BCUT2D eigenvalue weighted by Gasteiger charge is 2.08. The number of hydrogen-bond donors (Lipinski definition) is 2. The molecule has 0 aliphatic carbocycles. The number of carbonyl (C=O) groups is 1. The van der Waals surface area contributed by atoms with Crippen molar-refractivity contribution in [2.75, 3.05) is 6.54 Å². The largest absolute Gasteiger partial charge is 0.354 e. The van der Waals surface area contributed by atoms with Crippen molar-refractivity contribution in [3.63, 3.8) is 0 Å². The fourth-order valence-corrected chi connectivity index (χ4v) is 2.16. The third kappa shape index (κ3) is 4.47. The van der Waals surface area contributed by atoms with Crippen molar-refractivity contribution in [3.05, 3.63) is 70.2 Å². The molecule has 104 valence electrons. The van der Waals surface area contributed by atoms with Gasteiger partial charge < -0.3 is 11.1 Å². The minimum atomic E-state index is -0.176. The van der Waals surface area contributed by atoms with Crippen molar-refractivity contribution in [1.29, 1.82) is 0 Å². The van der Waals surface area contributed by atoms with Crippen molar-refractivity contribution in [2.24, 2.45) is 5.73 Å². The zero-order chi connectivity index (χ0) is 14.4. The summed E-state index contributed by atoms with van der Waals surface area (Å²) in [5, 5.41) is 2.87. The first kappa shape index (κ1) is 14.8. The van der Waals surface area contributed by atoms with Gasteiger partial charge in [0.1, 0.15) is 0 Å². The lowest BCUT2D eigenvalue weighted by molar-refractivity contribution is -0.120. The molecule has 0 saturated heterocycles. The van der Waals surface area contributed by atoms with Gasteiger partial charge in [-0.15, -0.1) is 0 Å². The highest BCUT2D eigenvalue weighted by Crippen LogP contribution is 2.11. The van der Waals surface area contributed by atoms with Gasteiger partial charge >= 0.3 is 0 Å². The van der Waals surface area contributed by atoms with E-state index < -0.39 is 0 Å². The lowest BCUT2D eigenvalue weighted by atomic mass is 10.1. The van der Waals surface area contributed by atoms with E-state index in [4.69, 9.17) is 5.73 Å². The van der Waals surface area contributed by atoms with Crippen LogP contribution in [0.25, 0.3) is 0 Å². The number of hydrogen-bond acceptors (Lipinski definition) is 2. The van der Waals surface area contributed by atoms with Crippen LogP contribution in [-0.2, 0) is 11.2 Å². The van der Waals surface area contributed by atoms with E-state index in [2.05, 4.69) is 21.2 Å². The maximum atomic E-state index is 11.9. The highest BCUT2D eigenvalue weighted by molar-refractivity contribution is 9.10. The minimum absolute atomic E-state index is 0.0151. The molecule has 3 nitrogen and oxygen atoms in total. The van der Waals surface area contributed by atoms with Crippen LogP contribution >= 0.6 is 15.9 Å². The monoisotopic (exact) mass is 332 g/mol. The van der Waals surface area contributed by atoms with Crippen molar-refractivity contribution in [1.82, 2.24) is 5.32 Å². The fraction of sp³-hybridized carbons (Fsp3) is 0.188. The molecule has 2 rings (SSSR count). The Kier molecular flexibility index (Phi) is 5.32. The molecule has 0 aromatic heterocycles. The van der Waals surface area contributed by atoms with Gasteiger partial charge in [0.05, 0.1) is 6.42 Å². The Morgan fingerprint density at radius 3 is 2.40 bits per heavy atom. The predicted octanol–water partition coefficient (Wildman–Crippen LogP) is 2.81. The molecule has 2 aromatic carbocycles. The summed E-state index contributed by atoms with van der Waals surface area (Å²) in [4.78, 5) is 11.9. The topological polar surface area (TPSA) is 55.1 Å². The van der Waals surface area contributed by atoms with Gasteiger partial charge in [-0.3, -0.25) is 4.79 Å². The Morgan fingerprint density at radius 1 is 1.10 bits per heavy atom. The van der Waals surface area contributed by atoms with Gasteiger partial charge in [0.15, 0.2) is 0 Å². The van der Waals surface area contributed by atoms with E-state index in [-0.39, 0.29) is 11.9 Å². The highest BCUT2D eigenvalue weighted by atomic mass is 79.9.